The van der Waals surface area contributed by atoms with Crippen LogP contribution >= 0.6 is 0 Å². The monoisotopic (exact) mass is 337 g/mol. The molecule has 0 radical (unpaired) electrons. The van der Waals surface area contributed by atoms with Crippen molar-refractivity contribution in [2.45, 2.75) is 20.3 Å². The summed E-state index contributed by atoms with van der Waals surface area (Å²) < 4.78 is 16.1. The second-order valence-corrected chi connectivity index (χ2v) is 5.83. The van der Waals surface area contributed by atoms with Gasteiger partial charge in [-0.15, -0.1) is 0 Å². The van der Waals surface area contributed by atoms with Crippen LogP contribution in [-0.2, 0) is 11.2 Å². The van der Waals surface area contributed by atoms with Crippen molar-refractivity contribution in [1.82, 2.24) is 10.6 Å². The van der Waals surface area contributed by atoms with Gasteiger partial charge in [-0.2, -0.15) is 0 Å². The maximum absolute atomic E-state index is 5.54. The Morgan fingerprint density at radius 3 is 2.42 bits per heavy atom. The van der Waals surface area contributed by atoms with Crippen LogP contribution < -0.4 is 20.1 Å². The summed E-state index contributed by atoms with van der Waals surface area (Å²) in [7, 11) is 5.05. The number of guanidine groups is 1. The number of nitrogens with zero attached hydrogens (tertiary/aromatic N) is 1. The number of hydrogen-bond donors (Lipinski definition) is 2. The van der Waals surface area contributed by atoms with Crippen LogP contribution in [0.15, 0.2) is 23.2 Å². The fraction of sp³-hybridized carbons (Fsp3) is 0.611. The Morgan fingerprint density at radius 1 is 1.08 bits per heavy atom. The van der Waals surface area contributed by atoms with Gasteiger partial charge in [-0.1, -0.05) is 19.9 Å². The Morgan fingerprint density at radius 2 is 1.79 bits per heavy atom. The number of ether oxygens (including phenoxy) is 3. The topological polar surface area (TPSA) is 64.1 Å². The average Bonchev–Trinajstić information content (AvgIpc) is 2.59. The highest BCUT2D eigenvalue weighted by Crippen LogP contribution is 2.27. The molecule has 6 nitrogen and oxygen atoms in total. The molecule has 0 bridgehead atoms. The molecule has 0 aliphatic heterocycles. The zero-order chi connectivity index (χ0) is 17.8. The first-order chi connectivity index (χ1) is 11.6. The van der Waals surface area contributed by atoms with Crippen molar-refractivity contribution in [2.24, 2.45) is 10.9 Å². The highest BCUT2D eigenvalue weighted by atomic mass is 16.5. The molecule has 0 heterocycles. The Bertz CT molecular complexity index is 504. The summed E-state index contributed by atoms with van der Waals surface area (Å²) in [5.74, 6) is 2.83. The molecule has 0 amide bonds. The van der Waals surface area contributed by atoms with E-state index in [1.807, 2.05) is 18.2 Å². The Balaban J connectivity index is 2.31. The van der Waals surface area contributed by atoms with Gasteiger partial charge >= 0.3 is 0 Å². The van der Waals surface area contributed by atoms with Gasteiger partial charge in [0.1, 0.15) is 0 Å². The molecular formula is C18H31N3O3. The van der Waals surface area contributed by atoms with Gasteiger partial charge in [-0.3, -0.25) is 4.99 Å². The molecule has 24 heavy (non-hydrogen) atoms. The molecule has 0 fully saturated rings. The fourth-order valence-corrected chi connectivity index (χ4v) is 2.14. The third kappa shape index (κ3) is 7.55. The van der Waals surface area contributed by atoms with E-state index in [4.69, 9.17) is 14.2 Å². The van der Waals surface area contributed by atoms with Crippen LogP contribution in [-0.4, -0.2) is 53.5 Å². The maximum Gasteiger partial charge on any atom is 0.191 e. The van der Waals surface area contributed by atoms with Gasteiger partial charge in [0.05, 0.1) is 20.8 Å². The molecule has 1 aromatic carbocycles. The lowest BCUT2D eigenvalue weighted by molar-refractivity contribution is 0.114. The zero-order valence-electron chi connectivity index (χ0n) is 15.5. The molecule has 0 aliphatic carbocycles. The highest BCUT2D eigenvalue weighted by molar-refractivity contribution is 5.79. The molecule has 0 unspecified atom stereocenters. The van der Waals surface area contributed by atoms with Crippen LogP contribution in [0.2, 0.25) is 0 Å². The van der Waals surface area contributed by atoms with Crippen LogP contribution in [0.4, 0.5) is 0 Å². The molecule has 1 rings (SSSR count). The SMILES string of the molecule is CN=C(NCCOCC(C)C)NCCc1ccc(OC)c(OC)c1. The second kappa shape index (κ2) is 11.6. The lowest BCUT2D eigenvalue weighted by Gasteiger charge is -2.13. The van der Waals surface area contributed by atoms with E-state index < -0.39 is 0 Å². The van der Waals surface area contributed by atoms with Gasteiger partial charge in [0.25, 0.3) is 0 Å². The average molecular weight is 337 g/mol. The van der Waals surface area contributed by atoms with Gasteiger partial charge < -0.3 is 24.8 Å². The first-order valence-electron chi connectivity index (χ1n) is 8.33. The van der Waals surface area contributed by atoms with E-state index in [9.17, 15) is 0 Å². The van der Waals surface area contributed by atoms with Gasteiger partial charge in [0, 0.05) is 26.7 Å². The summed E-state index contributed by atoms with van der Waals surface area (Å²) in [5.41, 5.74) is 1.18. The summed E-state index contributed by atoms with van der Waals surface area (Å²) in [5, 5.41) is 6.53. The zero-order valence-corrected chi connectivity index (χ0v) is 15.5. The molecular weight excluding hydrogens is 306 g/mol. The van der Waals surface area contributed by atoms with E-state index in [2.05, 4.69) is 29.5 Å². The van der Waals surface area contributed by atoms with E-state index in [-0.39, 0.29) is 0 Å². The molecule has 2 N–H and O–H groups in total. The van der Waals surface area contributed by atoms with E-state index in [1.165, 1.54) is 5.56 Å². The predicted molar refractivity (Wildman–Crippen MR) is 98.3 cm³/mol. The number of hydrogen-bond acceptors (Lipinski definition) is 4. The maximum atomic E-state index is 5.54. The van der Waals surface area contributed by atoms with Gasteiger partial charge in [0.2, 0.25) is 0 Å². The van der Waals surface area contributed by atoms with Crippen LogP contribution in [0.1, 0.15) is 19.4 Å². The third-order valence-electron chi connectivity index (χ3n) is 3.37. The standard InChI is InChI=1S/C18H31N3O3/c1-14(2)13-24-11-10-21-18(19-3)20-9-8-15-6-7-16(22-4)17(12-15)23-5/h6-7,12,14H,8-11,13H2,1-5H3,(H2,19,20,21). The molecule has 6 heteroatoms. The summed E-state index contributed by atoms with van der Waals surface area (Å²) >= 11 is 0. The normalized spacial score (nSPS) is 11.5. The van der Waals surface area contributed by atoms with Crippen molar-refractivity contribution in [3.63, 3.8) is 0 Å². The Kier molecular flexibility index (Phi) is 9.68. The molecule has 1 aromatic rings. The van der Waals surface area contributed by atoms with Gasteiger partial charge in [-0.25, -0.2) is 0 Å². The quantitative estimate of drug-likeness (QED) is 0.389. The number of aliphatic imine (C=N–C) groups is 1. The second-order valence-electron chi connectivity index (χ2n) is 5.83. The number of nitrogens with one attached hydrogen (secondary N) is 2. The number of benzene rings is 1. The Labute approximate surface area is 145 Å². The van der Waals surface area contributed by atoms with Crippen molar-refractivity contribution in [3.05, 3.63) is 23.8 Å². The number of rotatable bonds is 10. The van der Waals surface area contributed by atoms with Crippen molar-refractivity contribution >= 4 is 5.96 Å². The molecule has 0 saturated heterocycles. The third-order valence-corrected chi connectivity index (χ3v) is 3.37. The van der Waals surface area contributed by atoms with Gasteiger partial charge in [0.15, 0.2) is 17.5 Å². The van der Waals surface area contributed by atoms with Crippen LogP contribution in [0.25, 0.3) is 0 Å². The lowest BCUT2D eigenvalue weighted by Crippen LogP contribution is -2.39. The fourth-order valence-electron chi connectivity index (χ4n) is 2.14. The minimum absolute atomic E-state index is 0.559. The summed E-state index contributed by atoms with van der Waals surface area (Å²) in [4.78, 5) is 4.21. The molecule has 0 atom stereocenters. The summed E-state index contributed by atoms with van der Waals surface area (Å²) in [6.45, 7) is 7.26. The smallest absolute Gasteiger partial charge is 0.191 e. The first kappa shape index (κ1) is 20.1. The van der Waals surface area contributed by atoms with Crippen LogP contribution in [0.3, 0.4) is 0 Å². The van der Waals surface area contributed by atoms with E-state index >= 15 is 0 Å². The minimum atomic E-state index is 0.559. The van der Waals surface area contributed by atoms with Gasteiger partial charge in [-0.05, 0) is 30.0 Å². The highest BCUT2D eigenvalue weighted by Gasteiger charge is 2.05. The molecule has 0 saturated carbocycles. The van der Waals surface area contributed by atoms with Crippen LogP contribution in [0.5, 0.6) is 11.5 Å². The lowest BCUT2D eigenvalue weighted by atomic mass is 10.1. The van der Waals surface area contributed by atoms with Crippen molar-refractivity contribution in [3.8, 4) is 11.5 Å². The number of methoxy groups -OCH3 is 2. The van der Waals surface area contributed by atoms with E-state index in [0.29, 0.717) is 12.5 Å². The minimum Gasteiger partial charge on any atom is -0.493 e. The molecule has 0 aromatic heterocycles. The van der Waals surface area contributed by atoms with Crippen molar-refractivity contribution in [2.75, 3.05) is 47.6 Å². The van der Waals surface area contributed by atoms with E-state index in [1.54, 1.807) is 21.3 Å². The largest absolute Gasteiger partial charge is 0.493 e. The van der Waals surface area contributed by atoms with Crippen molar-refractivity contribution in [1.29, 1.82) is 0 Å². The molecule has 0 spiro atoms. The van der Waals surface area contributed by atoms with Crippen LogP contribution in [0, 0.1) is 5.92 Å². The van der Waals surface area contributed by atoms with Crippen molar-refractivity contribution < 1.29 is 14.2 Å². The molecule has 136 valence electrons. The van der Waals surface area contributed by atoms with E-state index in [0.717, 1.165) is 43.6 Å². The Hall–Kier alpha value is -1.95. The molecule has 0 aliphatic rings. The summed E-state index contributed by atoms with van der Waals surface area (Å²) in [6.07, 6.45) is 0.866. The summed E-state index contributed by atoms with van der Waals surface area (Å²) in [6, 6.07) is 5.96. The predicted octanol–water partition coefficient (Wildman–Crippen LogP) is 2.08. The first-order valence-corrected chi connectivity index (χ1v) is 8.33.